The summed E-state index contributed by atoms with van der Waals surface area (Å²) in [4.78, 5) is 0. The summed E-state index contributed by atoms with van der Waals surface area (Å²) >= 11 is 3.26. The zero-order chi connectivity index (χ0) is 14.9. The number of nitrogens with zero attached hydrogens (tertiary/aromatic N) is 2. The van der Waals surface area contributed by atoms with Crippen molar-refractivity contribution in [2.45, 2.75) is 40.3 Å². The number of nitrogens with one attached hydrogen (secondary N) is 1. The van der Waals surface area contributed by atoms with Gasteiger partial charge in [-0.1, -0.05) is 15.9 Å². The van der Waals surface area contributed by atoms with Gasteiger partial charge in [-0.25, -0.2) is 4.39 Å². The van der Waals surface area contributed by atoms with Crippen LogP contribution in [0.2, 0.25) is 0 Å². The van der Waals surface area contributed by atoms with E-state index in [0.29, 0.717) is 5.69 Å². The molecule has 2 rings (SSSR count). The molecule has 0 fully saturated rings. The van der Waals surface area contributed by atoms with Crippen molar-refractivity contribution in [1.82, 2.24) is 9.78 Å². The maximum Gasteiger partial charge on any atom is 0.147 e. The van der Waals surface area contributed by atoms with Crippen molar-refractivity contribution in [3.63, 3.8) is 0 Å². The predicted octanol–water partition coefficient (Wildman–Crippen LogP) is 4.59. The maximum atomic E-state index is 13.9. The van der Waals surface area contributed by atoms with E-state index >= 15 is 0 Å². The summed E-state index contributed by atoms with van der Waals surface area (Å²) in [6.07, 6.45) is 0. The molecule has 108 valence electrons. The van der Waals surface area contributed by atoms with Crippen LogP contribution in [0.25, 0.3) is 0 Å². The van der Waals surface area contributed by atoms with Crippen LogP contribution in [0.1, 0.15) is 36.8 Å². The maximum absolute atomic E-state index is 13.9. The fourth-order valence-electron chi connectivity index (χ4n) is 2.56. The predicted molar refractivity (Wildman–Crippen MR) is 83.5 cm³/mol. The van der Waals surface area contributed by atoms with E-state index < -0.39 is 0 Å². The fraction of sp³-hybridized carbons (Fsp3) is 0.400. The normalized spacial score (nSPS) is 12.5. The van der Waals surface area contributed by atoms with E-state index in [0.717, 1.165) is 28.0 Å². The van der Waals surface area contributed by atoms with E-state index in [1.807, 2.05) is 24.6 Å². The van der Waals surface area contributed by atoms with Crippen LogP contribution in [0, 0.1) is 19.7 Å². The Morgan fingerprint density at radius 1 is 1.40 bits per heavy atom. The van der Waals surface area contributed by atoms with Gasteiger partial charge < -0.3 is 5.32 Å². The smallest absolute Gasteiger partial charge is 0.147 e. The Hall–Kier alpha value is -1.36. The average molecular weight is 340 g/mol. The van der Waals surface area contributed by atoms with E-state index in [4.69, 9.17) is 0 Å². The highest BCUT2D eigenvalue weighted by Crippen LogP contribution is 2.27. The quantitative estimate of drug-likeness (QED) is 0.882. The largest absolute Gasteiger partial charge is 0.376 e. The zero-order valence-electron chi connectivity index (χ0n) is 12.2. The number of aryl methyl sites for hydroxylation is 2. The molecular weight excluding hydrogens is 321 g/mol. The highest BCUT2D eigenvalue weighted by atomic mass is 79.9. The van der Waals surface area contributed by atoms with Gasteiger partial charge in [-0.05, 0) is 45.9 Å². The molecule has 1 heterocycles. The Labute approximate surface area is 127 Å². The van der Waals surface area contributed by atoms with Gasteiger partial charge in [0, 0.05) is 22.3 Å². The van der Waals surface area contributed by atoms with Crippen molar-refractivity contribution in [2.24, 2.45) is 0 Å². The van der Waals surface area contributed by atoms with Crippen molar-refractivity contribution in [3.8, 4) is 0 Å². The van der Waals surface area contributed by atoms with Gasteiger partial charge in [-0.3, -0.25) is 4.68 Å². The Morgan fingerprint density at radius 2 is 2.10 bits per heavy atom. The molecule has 0 aliphatic heterocycles. The van der Waals surface area contributed by atoms with Crippen LogP contribution in [0.3, 0.4) is 0 Å². The standard InChI is InChI=1S/C15H19BrFN3/c1-5-20-11(4)15(10(3)19-20)9(2)18-14-7-6-12(16)8-13(14)17/h6-9,18H,5H2,1-4H3. The van der Waals surface area contributed by atoms with Gasteiger partial charge in [0.2, 0.25) is 0 Å². The van der Waals surface area contributed by atoms with E-state index in [-0.39, 0.29) is 11.9 Å². The SMILES string of the molecule is CCn1nc(C)c(C(C)Nc2ccc(Br)cc2F)c1C. The fourth-order valence-corrected chi connectivity index (χ4v) is 2.89. The van der Waals surface area contributed by atoms with Gasteiger partial charge >= 0.3 is 0 Å². The Kier molecular flexibility index (Phi) is 4.48. The third-order valence-corrected chi connectivity index (χ3v) is 3.97. The number of halogens is 2. The van der Waals surface area contributed by atoms with E-state index in [1.165, 1.54) is 6.07 Å². The van der Waals surface area contributed by atoms with E-state index in [1.54, 1.807) is 6.07 Å². The minimum Gasteiger partial charge on any atom is -0.376 e. The molecular formula is C15H19BrFN3. The summed E-state index contributed by atoms with van der Waals surface area (Å²) < 4.78 is 16.6. The lowest BCUT2D eigenvalue weighted by atomic mass is 10.1. The van der Waals surface area contributed by atoms with Gasteiger partial charge in [0.1, 0.15) is 5.82 Å². The number of benzene rings is 1. The Balaban J connectivity index is 2.28. The first-order chi connectivity index (χ1) is 9.43. The zero-order valence-corrected chi connectivity index (χ0v) is 13.8. The second-order valence-electron chi connectivity index (χ2n) is 4.89. The molecule has 0 spiro atoms. The first kappa shape index (κ1) is 15.0. The third-order valence-electron chi connectivity index (χ3n) is 3.47. The summed E-state index contributed by atoms with van der Waals surface area (Å²) in [6.45, 7) is 8.97. The molecule has 0 amide bonds. The molecule has 1 aromatic carbocycles. The van der Waals surface area contributed by atoms with Gasteiger partial charge in [-0.2, -0.15) is 5.10 Å². The van der Waals surface area contributed by atoms with Crippen LogP contribution in [0.5, 0.6) is 0 Å². The van der Waals surface area contributed by atoms with Gasteiger partial charge in [-0.15, -0.1) is 0 Å². The highest BCUT2D eigenvalue weighted by molar-refractivity contribution is 9.10. The summed E-state index contributed by atoms with van der Waals surface area (Å²) in [5.74, 6) is -0.260. The van der Waals surface area contributed by atoms with Crippen molar-refractivity contribution in [3.05, 3.63) is 45.4 Å². The van der Waals surface area contributed by atoms with Gasteiger partial charge in [0.05, 0.1) is 17.4 Å². The summed E-state index contributed by atoms with van der Waals surface area (Å²) in [5.41, 5.74) is 3.75. The lowest BCUT2D eigenvalue weighted by Gasteiger charge is -2.17. The third kappa shape index (κ3) is 2.87. The van der Waals surface area contributed by atoms with Crippen molar-refractivity contribution < 1.29 is 4.39 Å². The van der Waals surface area contributed by atoms with Crippen LogP contribution >= 0.6 is 15.9 Å². The van der Waals surface area contributed by atoms with Crippen LogP contribution in [0.15, 0.2) is 22.7 Å². The summed E-state index contributed by atoms with van der Waals surface area (Å²) in [7, 11) is 0. The van der Waals surface area contributed by atoms with E-state index in [9.17, 15) is 4.39 Å². The second kappa shape index (κ2) is 5.95. The molecule has 3 nitrogen and oxygen atoms in total. The summed E-state index contributed by atoms with van der Waals surface area (Å²) in [5, 5.41) is 7.73. The molecule has 0 radical (unpaired) electrons. The number of rotatable bonds is 4. The minimum absolute atomic E-state index is 0.00553. The molecule has 20 heavy (non-hydrogen) atoms. The highest BCUT2D eigenvalue weighted by Gasteiger charge is 2.17. The molecule has 5 heteroatoms. The molecule has 0 bridgehead atoms. The Bertz CT molecular complexity index is 622. The van der Waals surface area contributed by atoms with Crippen molar-refractivity contribution >= 4 is 21.6 Å². The molecule has 0 saturated heterocycles. The van der Waals surface area contributed by atoms with E-state index in [2.05, 4.69) is 40.2 Å². The number of hydrogen-bond acceptors (Lipinski definition) is 2. The monoisotopic (exact) mass is 339 g/mol. The number of hydrogen-bond donors (Lipinski definition) is 1. The molecule has 1 unspecified atom stereocenters. The lowest BCUT2D eigenvalue weighted by molar-refractivity contribution is 0.625. The Morgan fingerprint density at radius 3 is 2.65 bits per heavy atom. The van der Waals surface area contributed by atoms with Gasteiger partial charge in [0.15, 0.2) is 0 Å². The first-order valence-corrected chi connectivity index (χ1v) is 7.48. The second-order valence-corrected chi connectivity index (χ2v) is 5.81. The molecule has 1 atom stereocenters. The minimum atomic E-state index is -0.260. The van der Waals surface area contributed by atoms with Crippen molar-refractivity contribution in [1.29, 1.82) is 0 Å². The molecule has 1 aromatic heterocycles. The number of aromatic nitrogens is 2. The van der Waals surface area contributed by atoms with Crippen LogP contribution in [-0.2, 0) is 6.54 Å². The lowest BCUT2D eigenvalue weighted by Crippen LogP contribution is -2.10. The van der Waals surface area contributed by atoms with Crippen LogP contribution < -0.4 is 5.32 Å². The van der Waals surface area contributed by atoms with Crippen LogP contribution in [-0.4, -0.2) is 9.78 Å². The van der Waals surface area contributed by atoms with Crippen LogP contribution in [0.4, 0.5) is 10.1 Å². The summed E-state index contributed by atoms with van der Waals surface area (Å²) in [6, 6.07) is 5.04. The molecule has 2 aromatic rings. The average Bonchev–Trinajstić information content (AvgIpc) is 2.67. The first-order valence-electron chi connectivity index (χ1n) is 6.69. The molecule has 0 aliphatic carbocycles. The van der Waals surface area contributed by atoms with Gasteiger partial charge in [0.25, 0.3) is 0 Å². The van der Waals surface area contributed by atoms with Crippen molar-refractivity contribution in [2.75, 3.05) is 5.32 Å². The molecule has 0 saturated carbocycles. The molecule has 1 N–H and O–H groups in total. The topological polar surface area (TPSA) is 29.9 Å². The number of anilines is 1. The molecule has 0 aliphatic rings.